The molecule has 2 amide bonds. The summed E-state index contributed by atoms with van der Waals surface area (Å²) in [6.07, 6.45) is 5.89. The summed E-state index contributed by atoms with van der Waals surface area (Å²) in [6, 6.07) is 11.0. The van der Waals surface area contributed by atoms with E-state index in [-0.39, 0.29) is 24.8 Å². The van der Waals surface area contributed by atoms with Crippen molar-refractivity contribution in [1.29, 1.82) is 0 Å². The second-order valence-electron chi connectivity index (χ2n) is 11.7. The molecule has 0 bridgehead atoms. The lowest BCUT2D eigenvalue weighted by Crippen LogP contribution is -2.55. The molecule has 0 spiro atoms. The molecule has 2 aromatic rings. The van der Waals surface area contributed by atoms with Gasteiger partial charge in [0, 0.05) is 38.3 Å². The summed E-state index contributed by atoms with van der Waals surface area (Å²) in [6.45, 7) is 8.42. The minimum absolute atomic E-state index is 0.163. The number of benzene rings is 1. The van der Waals surface area contributed by atoms with Crippen molar-refractivity contribution >= 4 is 35.6 Å². The smallest absolute Gasteiger partial charge is 0.410 e. The van der Waals surface area contributed by atoms with E-state index >= 15 is 0 Å². The van der Waals surface area contributed by atoms with Crippen molar-refractivity contribution < 1.29 is 19.1 Å². The fraction of sp³-hybridized carbons (Fsp3) is 0.600. The Morgan fingerprint density at radius 2 is 1.76 bits per heavy atom. The van der Waals surface area contributed by atoms with Gasteiger partial charge in [0.25, 0.3) is 0 Å². The third-order valence-electron chi connectivity index (χ3n) is 7.25. The molecule has 2 fully saturated rings. The predicted molar refractivity (Wildman–Crippen MR) is 160 cm³/mol. The number of anilines is 2. The van der Waals surface area contributed by atoms with Gasteiger partial charge in [-0.05, 0) is 58.4 Å². The number of hydrogen-bond acceptors (Lipinski definition) is 8. The minimum Gasteiger partial charge on any atom is -0.445 e. The maximum absolute atomic E-state index is 13.3. The molecular weight excluding hydrogens is 544 g/mol. The molecule has 3 heterocycles. The average molecular weight is 587 g/mol. The van der Waals surface area contributed by atoms with Gasteiger partial charge in [-0.15, -0.1) is 0 Å². The van der Waals surface area contributed by atoms with E-state index in [1.807, 2.05) is 57.2 Å². The highest BCUT2D eigenvalue weighted by atomic mass is 35.5. The SMILES string of the molecule is CC(C)(C)OC(=O)NCCC1C(Nc2nc(Cl)cc(N3CCCCCC3)n2)CCCN1C(=O)OCc1ccccc1. The molecular formula is C30H43ClN6O4. The fourth-order valence-electron chi connectivity index (χ4n) is 5.35. The zero-order valence-electron chi connectivity index (χ0n) is 24.4. The van der Waals surface area contributed by atoms with Crippen LogP contribution in [0.5, 0.6) is 0 Å². The molecule has 2 aliphatic heterocycles. The van der Waals surface area contributed by atoms with Gasteiger partial charge in [0.15, 0.2) is 0 Å². The highest BCUT2D eigenvalue weighted by Gasteiger charge is 2.36. The lowest BCUT2D eigenvalue weighted by molar-refractivity contribution is 0.0502. The molecule has 4 rings (SSSR count). The van der Waals surface area contributed by atoms with Gasteiger partial charge in [0.05, 0.1) is 6.04 Å². The van der Waals surface area contributed by atoms with E-state index in [1.54, 1.807) is 4.90 Å². The van der Waals surface area contributed by atoms with Gasteiger partial charge >= 0.3 is 12.2 Å². The fourth-order valence-corrected chi connectivity index (χ4v) is 5.52. The van der Waals surface area contributed by atoms with Crippen molar-refractivity contribution in [2.45, 2.75) is 90.0 Å². The van der Waals surface area contributed by atoms with E-state index in [0.29, 0.717) is 30.6 Å². The molecule has 1 aromatic heterocycles. The van der Waals surface area contributed by atoms with Crippen LogP contribution < -0.4 is 15.5 Å². The molecule has 2 unspecified atom stereocenters. The van der Waals surface area contributed by atoms with Crippen LogP contribution in [-0.4, -0.2) is 70.9 Å². The van der Waals surface area contributed by atoms with Crippen LogP contribution in [0.15, 0.2) is 36.4 Å². The Balaban J connectivity index is 1.48. The quantitative estimate of drug-likeness (QED) is 0.362. The Morgan fingerprint density at radius 3 is 2.46 bits per heavy atom. The van der Waals surface area contributed by atoms with Gasteiger partial charge in [0.1, 0.15) is 23.2 Å². The van der Waals surface area contributed by atoms with Crippen LogP contribution in [0.25, 0.3) is 0 Å². The summed E-state index contributed by atoms with van der Waals surface area (Å²) in [5.74, 6) is 1.25. The lowest BCUT2D eigenvalue weighted by Gasteiger charge is -2.41. The largest absolute Gasteiger partial charge is 0.445 e. The van der Waals surface area contributed by atoms with Gasteiger partial charge in [-0.25, -0.2) is 14.6 Å². The predicted octanol–water partition coefficient (Wildman–Crippen LogP) is 6.01. The zero-order valence-corrected chi connectivity index (χ0v) is 25.2. The molecule has 224 valence electrons. The van der Waals surface area contributed by atoms with Gasteiger partial charge in [-0.2, -0.15) is 4.98 Å². The van der Waals surface area contributed by atoms with E-state index in [9.17, 15) is 9.59 Å². The monoisotopic (exact) mass is 586 g/mol. The molecule has 0 radical (unpaired) electrons. The molecule has 10 nitrogen and oxygen atoms in total. The maximum Gasteiger partial charge on any atom is 0.410 e. The Bertz CT molecular complexity index is 1140. The molecule has 2 atom stereocenters. The number of hydrogen-bond donors (Lipinski definition) is 2. The van der Waals surface area contributed by atoms with Gasteiger partial charge in [-0.3, -0.25) is 0 Å². The number of carbonyl (C=O) groups excluding carboxylic acids is 2. The number of aromatic nitrogens is 2. The van der Waals surface area contributed by atoms with Gasteiger partial charge < -0.3 is 29.9 Å². The van der Waals surface area contributed by atoms with Gasteiger partial charge in [0.2, 0.25) is 5.95 Å². The van der Waals surface area contributed by atoms with Crippen molar-refractivity contribution in [2.75, 3.05) is 36.4 Å². The molecule has 1 aromatic carbocycles. The first-order valence-electron chi connectivity index (χ1n) is 14.7. The van der Waals surface area contributed by atoms with E-state index in [4.69, 9.17) is 26.1 Å². The summed E-state index contributed by atoms with van der Waals surface area (Å²) in [5.41, 5.74) is 0.324. The zero-order chi connectivity index (χ0) is 29.2. The van der Waals surface area contributed by atoms with E-state index < -0.39 is 11.7 Å². The maximum atomic E-state index is 13.3. The molecule has 2 saturated heterocycles. The third-order valence-corrected chi connectivity index (χ3v) is 7.45. The summed E-state index contributed by atoms with van der Waals surface area (Å²) in [4.78, 5) is 38.9. The summed E-state index contributed by atoms with van der Waals surface area (Å²) >= 11 is 6.45. The molecule has 41 heavy (non-hydrogen) atoms. The highest BCUT2D eigenvalue weighted by molar-refractivity contribution is 6.29. The van der Waals surface area contributed by atoms with Crippen LogP contribution in [0.2, 0.25) is 5.15 Å². The number of amides is 2. The Hall–Kier alpha value is -3.27. The van der Waals surface area contributed by atoms with Crippen LogP contribution in [0.4, 0.5) is 21.4 Å². The second-order valence-corrected chi connectivity index (χ2v) is 12.1. The van der Waals surface area contributed by atoms with Crippen LogP contribution in [0, 0.1) is 0 Å². The number of alkyl carbamates (subject to hydrolysis) is 1. The first kappa shape index (κ1) is 30.7. The van der Waals surface area contributed by atoms with Crippen molar-refractivity contribution in [2.24, 2.45) is 0 Å². The second kappa shape index (κ2) is 14.6. The Morgan fingerprint density at radius 1 is 1.02 bits per heavy atom. The molecule has 11 heteroatoms. The van der Waals surface area contributed by atoms with Crippen molar-refractivity contribution in [1.82, 2.24) is 20.2 Å². The van der Waals surface area contributed by atoms with Crippen molar-refractivity contribution in [3.05, 3.63) is 47.1 Å². The van der Waals surface area contributed by atoms with E-state index in [0.717, 1.165) is 50.2 Å². The topological polar surface area (TPSA) is 109 Å². The van der Waals surface area contributed by atoms with Crippen LogP contribution >= 0.6 is 11.6 Å². The standard InChI is InChI=1S/C30H43ClN6O4/c1-30(2,3)41-28(38)32-16-15-24-23(14-11-19-37(24)29(39)40-21-22-12-7-6-8-13-22)33-27-34-25(31)20-26(35-27)36-17-9-4-5-10-18-36/h6-8,12-13,20,23-24H,4-5,9-11,14-19,21H2,1-3H3,(H,32,38)(H,33,34,35). The Kier molecular flexibility index (Phi) is 10.9. The van der Waals surface area contributed by atoms with Crippen molar-refractivity contribution in [3.63, 3.8) is 0 Å². The number of carbonyl (C=O) groups is 2. The summed E-state index contributed by atoms with van der Waals surface area (Å²) in [5, 5.41) is 6.68. The average Bonchev–Trinajstić information content (AvgIpc) is 3.22. The van der Waals surface area contributed by atoms with E-state index in [1.165, 1.54) is 12.8 Å². The highest BCUT2D eigenvalue weighted by Crippen LogP contribution is 2.27. The molecule has 2 N–H and O–H groups in total. The molecule has 2 aliphatic rings. The number of nitrogens with zero attached hydrogens (tertiary/aromatic N) is 4. The number of rotatable bonds is 8. The minimum atomic E-state index is -0.596. The molecule has 0 saturated carbocycles. The number of likely N-dealkylation sites (tertiary alicyclic amines) is 1. The van der Waals surface area contributed by atoms with Crippen LogP contribution in [0.3, 0.4) is 0 Å². The van der Waals surface area contributed by atoms with Crippen LogP contribution in [0.1, 0.15) is 71.3 Å². The van der Waals surface area contributed by atoms with Crippen molar-refractivity contribution in [3.8, 4) is 0 Å². The number of halogens is 1. The summed E-state index contributed by atoms with van der Waals surface area (Å²) < 4.78 is 11.1. The molecule has 0 aliphatic carbocycles. The van der Waals surface area contributed by atoms with E-state index in [2.05, 4.69) is 20.5 Å². The van der Waals surface area contributed by atoms with Crippen LogP contribution in [-0.2, 0) is 16.1 Å². The first-order valence-corrected chi connectivity index (χ1v) is 15.1. The van der Waals surface area contributed by atoms with Gasteiger partial charge in [-0.1, -0.05) is 54.8 Å². The number of nitrogens with one attached hydrogen (secondary N) is 2. The third kappa shape index (κ3) is 9.66. The number of piperidine rings is 1. The Labute approximate surface area is 248 Å². The lowest BCUT2D eigenvalue weighted by atomic mass is 9.94. The summed E-state index contributed by atoms with van der Waals surface area (Å²) in [7, 11) is 0. The normalized spacial score (nSPS) is 19.7. The first-order chi connectivity index (χ1) is 19.7. The number of ether oxygens (including phenoxy) is 2.